The van der Waals surface area contributed by atoms with Gasteiger partial charge in [-0.1, -0.05) is 6.07 Å². The molecule has 1 atom stereocenters. The Kier molecular flexibility index (Phi) is 4.39. The molecule has 0 aliphatic rings. The zero-order valence-electron chi connectivity index (χ0n) is 11.8. The van der Waals surface area contributed by atoms with Crippen molar-refractivity contribution in [2.45, 2.75) is 19.3 Å². The molecule has 0 spiro atoms. The summed E-state index contributed by atoms with van der Waals surface area (Å²) in [5.74, 6) is -6.25. The first kappa shape index (κ1) is 15.9. The maximum Gasteiger partial charge on any atom is 0.306 e. The summed E-state index contributed by atoms with van der Waals surface area (Å²) < 4.78 is 45.1. The minimum absolute atomic E-state index is 0.0651. The summed E-state index contributed by atoms with van der Waals surface area (Å²) in [6.45, 7) is 1.54. The average molecular weight is 314 g/mol. The molecular weight excluding hydrogens is 301 g/mol. The Hall–Kier alpha value is -2.51. The number of carbonyl (C=O) groups is 1. The number of benzene rings is 1. The van der Waals surface area contributed by atoms with E-state index >= 15 is 0 Å². The second kappa shape index (κ2) is 6.08. The van der Waals surface area contributed by atoms with Gasteiger partial charge in [0.25, 0.3) is 5.56 Å². The van der Waals surface area contributed by atoms with Crippen LogP contribution in [0.1, 0.15) is 29.2 Å². The molecule has 0 aliphatic heterocycles. The van der Waals surface area contributed by atoms with Crippen LogP contribution in [0.15, 0.2) is 16.9 Å². The predicted molar refractivity (Wildman–Crippen MR) is 70.9 cm³/mol. The number of H-pyrrole nitrogens is 2. The summed E-state index contributed by atoms with van der Waals surface area (Å²) in [5, 5.41) is 4.84. The molecule has 1 unspecified atom stereocenters. The van der Waals surface area contributed by atoms with Crippen LogP contribution in [0.25, 0.3) is 0 Å². The Morgan fingerprint density at radius 2 is 1.91 bits per heavy atom. The number of aromatic nitrogens is 2. The highest BCUT2D eigenvalue weighted by Gasteiger charge is 2.28. The highest BCUT2D eigenvalue weighted by Crippen LogP contribution is 2.31. The largest absolute Gasteiger partial charge is 0.469 e. The molecule has 2 aromatic rings. The third-order valence-electron chi connectivity index (χ3n) is 3.40. The maximum absolute atomic E-state index is 14.0. The van der Waals surface area contributed by atoms with E-state index in [-0.39, 0.29) is 17.5 Å². The number of nitrogens with one attached hydrogen (secondary N) is 2. The third-order valence-corrected chi connectivity index (χ3v) is 3.40. The monoisotopic (exact) mass is 314 g/mol. The third kappa shape index (κ3) is 2.76. The molecule has 0 bridgehead atoms. The molecule has 118 valence electrons. The van der Waals surface area contributed by atoms with E-state index in [1.54, 1.807) is 0 Å². The maximum atomic E-state index is 14.0. The lowest BCUT2D eigenvalue weighted by Gasteiger charge is -2.16. The molecule has 0 amide bonds. The summed E-state index contributed by atoms with van der Waals surface area (Å²) in [7, 11) is 1.13. The van der Waals surface area contributed by atoms with E-state index in [2.05, 4.69) is 14.9 Å². The zero-order valence-corrected chi connectivity index (χ0v) is 11.8. The molecule has 2 N–H and O–H groups in total. The van der Waals surface area contributed by atoms with Gasteiger partial charge in [-0.2, -0.15) is 0 Å². The molecule has 1 heterocycles. The molecule has 1 aromatic carbocycles. The van der Waals surface area contributed by atoms with Crippen LogP contribution in [-0.4, -0.2) is 23.3 Å². The normalized spacial score (nSPS) is 12.2. The van der Waals surface area contributed by atoms with E-state index in [1.165, 1.54) is 6.92 Å². The first-order chi connectivity index (χ1) is 10.4. The number of aryl methyl sites for hydroxylation is 1. The Labute approximate surface area is 123 Å². The van der Waals surface area contributed by atoms with Gasteiger partial charge in [0.2, 0.25) is 0 Å². The Morgan fingerprint density at radius 1 is 1.23 bits per heavy atom. The number of halogens is 3. The average Bonchev–Trinajstić information content (AvgIpc) is 2.82. The van der Waals surface area contributed by atoms with Crippen molar-refractivity contribution in [1.29, 1.82) is 0 Å². The molecule has 0 aliphatic carbocycles. The van der Waals surface area contributed by atoms with Crippen molar-refractivity contribution in [1.82, 2.24) is 10.2 Å². The zero-order chi connectivity index (χ0) is 16.4. The van der Waals surface area contributed by atoms with E-state index in [0.29, 0.717) is 5.69 Å². The van der Waals surface area contributed by atoms with Gasteiger partial charge in [-0.05, 0) is 18.6 Å². The van der Waals surface area contributed by atoms with Crippen molar-refractivity contribution in [2.75, 3.05) is 7.11 Å². The van der Waals surface area contributed by atoms with Crippen molar-refractivity contribution >= 4 is 5.97 Å². The minimum Gasteiger partial charge on any atom is -0.469 e. The van der Waals surface area contributed by atoms with Gasteiger partial charge in [0, 0.05) is 17.2 Å². The lowest BCUT2D eigenvalue weighted by Crippen LogP contribution is -2.19. The molecule has 8 heteroatoms. The number of esters is 1. The topological polar surface area (TPSA) is 75.0 Å². The number of hydrogen-bond acceptors (Lipinski definition) is 3. The van der Waals surface area contributed by atoms with Gasteiger partial charge in [0.15, 0.2) is 17.5 Å². The molecule has 0 fully saturated rings. The first-order valence-electron chi connectivity index (χ1n) is 6.34. The first-order valence-corrected chi connectivity index (χ1v) is 6.34. The van der Waals surface area contributed by atoms with Crippen molar-refractivity contribution in [3.05, 3.63) is 56.8 Å². The SMILES string of the molecule is COC(=O)CC(c1ccc(F)c(F)c1F)c1c(C)[nH][nH]c1=O. The van der Waals surface area contributed by atoms with Crippen LogP contribution in [-0.2, 0) is 9.53 Å². The van der Waals surface area contributed by atoms with Crippen molar-refractivity contribution in [2.24, 2.45) is 0 Å². The smallest absolute Gasteiger partial charge is 0.306 e. The van der Waals surface area contributed by atoms with Crippen LogP contribution >= 0.6 is 0 Å². The van der Waals surface area contributed by atoms with Crippen molar-refractivity contribution < 1.29 is 22.7 Å². The highest BCUT2D eigenvalue weighted by molar-refractivity contribution is 5.71. The van der Waals surface area contributed by atoms with Crippen LogP contribution < -0.4 is 5.56 Å². The van der Waals surface area contributed by atoms with Gasteiger partial charge < -0.3 is 9.84 Å². The van der Waals surface area contributed by atoms with Gasteiger partial charge in [-0.25, -0.2) is 13.2 Å². The van der Waals surface area contributed by atoms with Crippen molar-refractivity contribution in [3.63, 3.8) is 0 Å². The van der Waals surface area contributed by atoms with Gasteiger partial charge in [-0.15, -0.1) is 0 Å². The Balaban J connectivity index is 2.62. The van der Waals surface area contributed by atoms with Crippen LogP contribution in [0.5, 0.6) is 0 Å². The van der Waals surface area contributed by atoms with E-state index in [0.717, 1.165) is 19.2 Å². The number of methoxy groups -OCH3 is 1. The summed E-state index contributed by atoms with van der Waals surface area (Å²) in [4.78, 5) is 23.4. The fraction of sp³-hybridized carbons (Fsp3) is 0.286. The van der Waals surface area contributed by atoms with Crippen LogP contribution in [0.2, 0.25) is 0 Å². The summed E-state index contributed by atoms with van der Waals surface area (Å²) in [6.07, 6.45) is -0.389. The van der Waals surface area contributed by atoms with E-state index in [9.17, 15) is 22.8 Å². The Morgan fingerprint density at radius 3 is 2.45 bits per heavy atom. The minimum atomic E-state index is -1.66. The standard InChI is InChI=1S/C14H13F3N2O3/c1-6-11(14(21)19-18-6)8(5-10(20)22-2)7-3-4-9(15)13(17)12(7)16/h3-4,8H,5H2,1-2H3,(H2,18,19,21). The second-order valence-electron chi connectivity index (χ2n) is 4.72. The number of aromatic amines is 2. The van der Waals surface area contributed by atoms with Crippen LogP contribution in [0.4, 0.5) is 13.2 Å². The fourth-order valence-electron chi connectivity index (χ4n) is 2.30. The number of hydrogen-bond donors (Lipinski definition) is 2. The molecule has 0 saturated heterocycles. The van der Waals surface area contributed by atoms with Crippen LogP contribution in [0.3, 0.4) is 0 Å². The molecule has 0 radical (unpaired) electrons. The summed E-state index contributed by atoms with van der Waals surface area (Å²) >= 11 is 0. The molecule has 2 rings (SSSR count). The molecule has 1 aromatic heterocycles. The summed E-state index contributed by atoms with van der Waals surface area (Å²) in [5.41, 5.74) is -0.439. The van der Waals surface area contributed by atoms with Gasteiger partial charge >= 0.3 is 5.97 Å². The predicted octanol–water partition coefficient (Wildman–Crippen LogP) is 2.12. The highest BCUT2D eigenvalue weighted by atomic mass is 19.2. The van der Waals surface area contributed by atoms with Crippen molar-refractivity contribution in [3.8, 4) is 0 Å². The summed E-state index contributed by atoms with van der Waals surface area (Å²) in [6, 6.07) is 1.75. The molecule has 0 saturated carbocycles. The number of ether oxygens (including phenoxy) is 1. The van der Waals surface area contributed by atoms with E-state index in [4.69, 9.17) is 0 Å². The molecule has 5 nitrogen and oxygen atoms in total. The number of carbonyl (C=O) groups excluding carboxylic acids is 1. The lowest BCUT2D eigenvalue weighted by molar-refractivity contribution is -0.140. The second-order valence-corrected chi connectivity index (χ2v) is 4.72. The number of rotatable bonds is 4. The fourth-order valence-corrected chi connectivity index (χ4v) is 2.30. The quantitative estimate of drug-likeness (QED) is 0.670. The van der Waals surface area contributed by atoms with Gasteiger partial charge in [0.05, 0.1) is 13.5 Å². The molecular formula is C14H13F3N2O3. The molecule has 22 heavy (non-hydrogen) atoms. The van der Waals surface area contributed by atoms with Gasteiger partial charge in [-0.3, -0.25) is 14.7 Å². The Bertz CT molecular complexity index is 767. The lowest BCUT2D eigenvalue weighted by atomic mass is 9.88. The van der Waals surface area contributed by atoms with Crippen LogP contribution in [0, 0.1) is 24.4 Å². The van der Waals surface area contributed by atoms with E-state index in [1.807, 2.05) is 0 Å². The van der Waals surface area contributed by atoms with Gasteiger partial charge in [0.1, 0.15) is 0 Å². The van der Waals surface area contributed by atoms with E-state index < -0.39 is 34.9 Å².